The fraction of sp³-hybridized carbons (Fsp3) is 0.471. The van der Waals surface area contributed by atoms with E-state index >= 15 is 0 Å². The molecule has 128 valence electrons. The van der Waals surface area contributed by atoms with Gasteiger partial charge in [-0.05, 0) is 25.3 Å². The first kappa shape index (κ1) is 17.0. The number of carbonyl (C=O) groups is 1. The van der Waals surface area contributed by atoms with Crippen molar-refractivity contribution in [3.63, 3.8) is 0 Å². The molecule has 1 unspecified atom stereocenters. The summed E-state index contributed by atoms with van der Waals surface area (Å²) in [5.74, 6) is 1.18. The first-order chi connectivity index (χ1) is 11.7. The van der Waals surface area contributed by atoms with E-state index in [1.165, 1.54) is 11.8 Å². The summed E-state index contributed by atoms with van der Waals surface area (Å²) >= 11 is 1.42. The van der Waals surface area contributed by atoms with Gasteiger partial charge in [0.2, 0.25) is 5.91 Å². The number of hydrogen-bond donors (Lipinski definition) is 1. The van der Waals surface area contributed by atoms with Crippen molar-refractivity contribution in [1.82, 2.24) is 20.1 Å². The van der Waals surface area contributed by atoms with Gasteiger partial charge in [-0.3, -0.25) is 4.79 Å². The van der Waals surface area contributed by atoms with Crippen LogP contribution in [0.5, 0.6) is 0 Å². The van der Waals surface area contributed by atoms with Crippen LogP contribution in [0.4, 0.5) is 0 Å². The summed E-state index contributed by atoms with van der Waals surface area (Å²) in [5.41, 5.74) is 1.09. The molecule has 7 heteroatoms. The van der Waals surface area contributed by atoms with Crippen molar-refractivity contribution < 1.29 is 9.53 Å². The highest BCUT2D eigenvalue weighted by atomic mass is 32.2. The molecule has 6 nitrogen and oxygen atoms in total. The van der Waals surface area contributed by atoms with E-state index in [4.69, 9.17) is 4.74 Å². The molecule has 0 aliphatic carbocycles. The maximum absolute atomic E-state index is 12.0. The maximum atomic E-state index is 12.0. The molecule has 3 rings (SSSR count). The Bertz CT molecular complexity index is 668. The zero-order valence-corrected chi connectivity index (χ0v) is 14.6. The monoisotopic (exact) mass is 346 g/mol. The van der Waals surface area contributed by atoms with Crippen molar-refractivity contribution in [2.24, 2.45) is 0 Å². The molecule has 1 N–H and O–H groups in total. The largest absolute Gasteiger partial charge is 0.376 e. The van der Waals surface area contributed by atoms with E-state index in [-0.39, 0.29) is 12.0 Å². The Kier molecular flexibility index (Phi) is 5.87. The second-order valence-corrected chi connectivity index (χ2v) is 6.77. The molecule has 1 aliphatic rings. The van der Waals surface area contributed by atoms with Gasteiger partial charge < -0.3 is 14.6 Å². The minimum atomic E-state index is -0.00632. The van der Waals surface area contributed by atoms with Crippen molar-refractivity contribution >= 4 is 17.7 Å². The maximum Gasteiger partial charge on any atom is 0.230 e. The van der Waals surface area contributed by atoms with E-state index in [0.29, 0.717) is 12.3 Å². The van der Waals surface area contributed by atoms with Crippen LogP contribution in [-0.4, -0.2) is 39.1 Å². The number of hydrogen-bond acceptors (Lipinski definition) is 5. The highest BCUT2D eigenvalue weighted by Crippen LogP contribution is 2.20. The number of aryl methyl sites for hydroxylation is 1. The molecule has 0 spiro atoms. The van der Waals surface area contributed by atoms with Gasteiger partial charge in [-0.1, -0.05) is 42.1 Å². The SMILES string of the molecule is Cc1nnc(SCC(=O)NCc2ccccc2)n1CC1CCCO1. The first-order valence-electron chi connectivity index (χ1n) is 8.17. The molecule has 1 aromatic carbocycles. The number of amides is 1. The zero-order chi connectivity index (χ0) is 16.8. The lowest BCUT2D eigenvalue weighted by atomic mass is 10.2. The average molecular weight is 346 g/mol. The van der Waals surface area contributed by atoms with Crippen molar-refractivity contribution in [2.75, 3.05) is 12.4 Å². The van der Waals surface area contributed by atoms with Crippen LogP contribution in [0, 0.1) is 6.92 Å². The van der Waals surface area contributed by atoms with Crippen molar-refractivity contribution in [2.45, 2.75) is 44.1 Å². The molecular formula is C17H22N4O2S. The molecule has 0 saturated carbocycles. The molecule has 0 radical (unpaired) electrons. The molecule has 1 amide bonds. The van der Waals surface area contributed by atoms with Crippen LogP contribution in [-0.2, 0) is 22.6 Å². The normalized spacial score (nSPS) is 17.1. The Morgan fingerprint density at radius 2 is 2.21 bits per heavy atom. The van der Waals surface area contributed by atoms with Gasteiger partial charge in [0.25, 0.3) is 0 Å². The Morgan fingerprint density at radius 1 is 1.38 bits per heavy atom. The topological polar surface area (TPSA) is 69.0 Å². The summed E-state index contributed by atoms with van der Waals surface area (Å²) in [7, 11) is 0. The Morgan fingerprint density at radius 3 is 2.96 bits per heavy atom. The van der Waals surface area contributed by atoms with E-state index in [0.717, 1.165) is 42.5 Å². The lowest BCUT2D eigenvalue weighted by molar-refractivity contribution is -0.118. The van der Waals surface area contributed by atoms with Crippen LogP contribution in [0.3, 0.4) is 0 Å². The number of aromatic nitrogens is 3. The molecule has 2 aromatic rings. The molecule has 0 bridgehead atoms. The second kappa shape index (κ2) is 8.30. The highest BCUT2D eigenvalue weighted by Gasteiger charge is 2.20. The summed E-state index contributed by atoms with van der Waals surface area (Å²) in [6, 6.07) is 9.88. The number of ether oxygens (including phenoxy) is 1. The lowest BCUT2D eigenvalue weighted by Gasteiger charge is -2.13. The third-order valence-corrected chi connectivity index (χ3v) is 4.94. The van der Waals surface area contributed by atoms with Crippen molar-refractivity contribution in [3.8, 4) is 0 Å². The summed E-state index contributed by atoms with van der Waals surface area (Å²) in [5, 5.41) is 12.0. The smallest absolute Gasteiger partial charge is 0.230 e. The standard InChI is InChI=1S/C17H22N4O2S/c1-13-19-20-17(21(13)11-15-8-5-9-23-15)24-12-16(22)18-10-14-6-3-2-4-7-14/h2-4,6-7,15H,5,8-12H2,1H3,(H,18,22). The van der Waals surface area contributed by atoms with Crippen LogP contribution >= 0.6 is 11.8 Å². The highest BCUT2D eigenvalue weighted by molar-refractivity contribution is 7.99. The molecule has 1 aromatic heterocycles. The zero-order valence-electron chi connectivity index (χ0n) is 13.8. The second-order valence-electron chi connectivity index (χ2n) is 5.83. The molecule has 1 atom stereocenters. The van der Waals surface area contributed by atoms with Crippen molar-refractivity contribution in [1.29, 1.82) is 0 Å². The summed E-state index contributed by atoms with van der Waals surface area (Å²) in [4.78, 5) is 12.0. The third kappa shape index (κ3) is 4.58. The van der Waals surface area contributed by atoms with Crippen LogP contribution in [0.2, 0.25) is 0 Å². The molecule has 1 aliphatic heterocycles. The Hall–Kier alpha value is -1.86. The number of rotatable bonds is 7. The number of nitrogens with one attached hydrogen (secondary N) is 1. The van der Waals surface area contributed by atoms with Crippen molar-refractivity contribution in [3.05, 3.63) is 41.7 Å². The fourth-order valence-corrected chi connectivity index (χ4v) is 3.47. The minimum Gasteiger partial charge on any atom is -0.376 e. The Labute approximate surface area is 146 Å². The lowest BCUT2D eigenvalue weighted by Crippen LogP contribution is -2.25. The minimum absolute atomic E-state index is 0.00632. The molecule has 2 heterocycles. The molecule has 1 fully saturated rings. The van der Waals surface area contributed by atoms with Gasteiger partial charge in [-0.25, -0.2) is 0 Å². The summed E-state index contributed by atoms with van der Waals surface area (Å²) < 4.78 is 7.73. The predicted molar refractivity (Wildman–Crippen MR) is 92.7 cm³/mol. The number of thioether (sulfide) groups is 1. The van der Waals surface area contributed by atoms with Crippen LogP contribution in [0.1, 0.15) is 24.2 Å². The number of benzene rings is 1. The third-order valence-electron chi connectivity index (χ3n) is 3.98. The van der Waals surface area contributed by atoms with Gasteiger partial charge in [-0.2, -0.15) is 0 Å². The Balaban J connectivity index is 1.49. The first-order valence-corrected chi connectivity index (χ1v) is 9.16. The van der Waals surface area contributed by atoms with Gasteiger partial charge in [0.15, 0.2) is 5.16 Å². The van der Waals surface area contributed by atoms with Gasteiger partial charge in [0, 0.05) is 13.2 Å². The van der Waals surface area contributed by atoms with Crippen LogP contribution in [0.15, 0.2) is 35.5 Å². The van der Waals surface area contributed by atoms with E-state index in [9.17, 15) is 4.79 Å². The molecule has 1 saturated heterocycles. The summed E-state index contributed by atoms with van der Waals surface area (Å²) in [6.07, 6.45) is 2.40. The molecule has 24 heavy (non-hydrogen) atoms. The van der Waals surface area contributed by atoms with Gasteiger partial charge >= 0.3 is 0 Å². The van der Waals surface area contributed by atoms with Crippen LogP contribution < -0.4 is 5.32 Å². The summed E-state index contributed by atoms with van der Waals surface area (Å²) in [6.45, 7) is 4.06. The van der Waals surface area contributed by atoms with Gasteiger partial charge in [0.05, 0.1) is 18.4 Å². The quantitative estimate of drug-likeness (QED) is 0.778. The predicted octanol–water partition coefficient (Wildman–Crippen LogP) is 2.17. The molecular weight excluding hydrogens is 324 g/mol. The number of nitrogens with zero attached hydrogens (tertiary/aromatic N) is 3. The number of carbonyl (C=O) groups excluding carboxylic acids is 1. The fourth-order valence-electron chi connectivity index (χ4n) is 2.65. The van der Waals surface area contributed by atoms with Crippen LogP contribution in [0.25, 0.3) is 0 Å². The average Bonchev–Trinajstić information content (AvgIpc) is 3.24. The van der Waals surface area contributed by atoms with E-state index < -0.39 is 0 Å². The van der Waals surface area contributed by atoms with E-state index in [1.54, 1.807) is 0 Å². The van der Waals surface area contributed by atoms with E-state index in [2.05, 4.69) is 15.5 Å². The van der Waals surface area contributed by atoms with Gasteiger partial charge in [0.1, 0.15) is 5.82 Å². The van der Waals surface area contributed by atoms with E-state index in [1.807, 2.05) is 41.8 Å². The van der Waals surface area contributed by atoms with Gasteiger partial charge in [-0.15, -0.1) is 10.2 Å².